The molecule has 1 fully saturated rings. The Balaban J connectivity index is 2.35. The molecule has 2 heteroatoms. The van der Waals surface area contributed by atoms with Gasteiger partial charge in [-0.15, -0.1) is 0 Å². The van der Waals surface area contributed by atoms with E-state index in [2.05, 4.69) is 6.92 Å². The van der Waals surface area contributed by atoms with E-state index in [0.717, 1.165) is 24.8 Å². The van der Waals surface area contributed by atoms with Gasteiger partial charge in [0.05, 0.1) is 0 Å². The average molecular weight is 206 g/mol. The second-order valence-corrected chi connectivity index (χ2v) is 4.49. The van der Waals surface area contributed by atoms with E-state index in [1.54, 1.807) is 0 Å². The number of benzene rings is 1. The van der Waals surface area contributed by atoms with Gasteiger partial charge in [-0.3, -0.25) is 5.26 Å². The Labute approximate surface area is 90.8 Å². The van der Waals surface area contributed by atoms with Crippen LogP contribution in [0.1, 0.15) is 38.2 Å². The summed E-state index contributed by atoms with van der Waals surface area (Å²) >= 11 is 0. The van der Waals surface area contributed by atoms with Crippen molar-refractivity contribution in [1.82, 2.24) is 0 Å². The zero-order chi connectivity index (χ0) is 10.7. The highest BCUT2D eigenvalue weighted by Crippen LogP contribution is 2.43. The predicted molar refractivity (Wildman–Crippen MR) is 59.5 cm³/mol. The van der Waals surface area contributed by atoms with Crippen LogP contribution in [-0.2, 0) is 10.5 Å². The van der Waals surface area contributed by atoms with Crippen molar-refractivity contribution in [3.05, 3.63) is 35.9 Å². The fraction of sp³-hybridized carbons (Fsp3) is 0.538. The molecule has 1 aromatic rings. The van der Waals surface area contributed by atoms with Gasteiger partial charge in [-0.2, -0.15) is 0 Å². The summed E-state index contributed by atoms with van der Waals surface area (Å²) in [4.78, 5) is 4.88. The van der Waals surface area contributed by atoms with Gasteiger partial charge >= 0.3 is 0 Å². The maximum atomic E-state index is 9.27. The fourth-order valence-electron chi connectivity index (χ4n) is 2.66. The predicted octanol–water partition coefficient (Wildman–Crippen LogP) is 3.58. The molecule has 0 bridgehead atoms. The molecule has 1 aromatic carbocycles. The van der Waals surface area contributed by atoms with Crippen molar-refractivity contribution in [3.63, 3.8) is 0 Å². The Bertz CT molecular complexity index is 310. The third-order valence-electron chi connectivity index (χ3n) is 3.66. The van der Waals surface area contributed by atoms with E-state index < -0.39 is 5.60 Å². The lowest BCUT2D eigenvalue weighted by Gasteiger charge is -2.40. The molecule has 2 atom stereocenters. The summed E-state index contributed by atoms with van der Waals surface area (Å²) < 4.78 is 0. The quantitative estimate of drug-likeness (QED) is 0.592. The van der Waals surface area contributed by atoms with Crippen molar-refractivity contribution in [3.8, 4) is 0 Å². The molecule has 0 amide bonds. The van der Waals surface area contributed by atoms with Gasteiger partial charge in [0, 0.05) is 0 Å². The standard InChI is InChI=1S/C13H18O2/c1-11-7-5-6-10-13(11,15-14)12-8-3-2-4-9-12/h2-4,8-9,11,14H,5-7,10H2,1H3. The molecule has 0 aromatic heterocycles. The lowest BCUT2D eigenvalue weighted by molar-refractivity contribution is -0.350. The molecule has 2 rings (SSSR count). The molecule has 0 radical (unpaired) electrons. The Morgan fingerprint density at radius 3 is 2.60 bits per heavy atom. The van der Waals surface area contributed by atoms with Crippen LogP contribution < -0.4 is 0 Å². The Morgan fingerprint density at radius 2 is 2.00 bits per heavy atom. The van der Waals surface area contributed by atoms with Gasteiger partial charge in [0.15, 0.2) is 0 Å². The maximum Gasteiger partial charge on any atom is 0.131 e. The summed E-state index contributed by atoms with van der Waals surface area (Å²) in [6.07, 6.45) is 4.39. The molecule has 1 aliphatic rings. The summed E-state index contributed by atoms with van der Waals surface area (Å²) in [5.41, 5.74) is 0.624. The molecular weight excluding hydrogens is 188 g/mol. The van der Waals surface area contributed by atoms with E-state index in [1.165, 1.54) is 6.42 Å². The second-order valence-electron chi connectivity index (χ2n) is 4.49. The highest BCUT2D eigenvalue weighted by molar-refractivity contribution is 5.24. The van der Waals surface area contributed by atoms with E-state index in [1.807, 2.05) is 30.3 Å². The van der Waals surface area contributed by atoms with Gasteiger partial charge in [-0.1, -0.05) is 50.1 Å². The topological polar surface area (TPSA) is 29.5 Å². The van der Waals surface area contributed by atoms with Crippen molar-refractivity contribution in [2.75, 3.05) is 0 Å². The van der Waals surface area contributed by atoms with Crippen LogP contribution in [0, 0.1) is 5.92 Å². The number of hydrogen-bond donors (Lipinski definition) is 1. The minimum Gasteiger partial charge on any atom is -0.251 e. The van der Waals surface area contributed by atoms with E-state index in [4.69, 9.17) is 4.89 Å². The average Bonchev–Trinajstić information content (AvgIpc) is 2.31. The van der Waals surface area contributed by atoms with Crippen LogP contribution in [0.15, 0.2) is 30.3 Å². The van der Waals surface area contributed by atoms with Crippen LogP contribution in [0.3, 0.4) is 0 Å². The summed E-state index contributed by atoms with van der Waals surface area (Å²) in [6, 6.07) is 10.1. The molecule has 1 saturated carbocycles. The zero-order valence-corrected chi connectivity index (χ0v) is 9.15. The Hall–Kier alpha value is -0.860. The van der Waals surface area contributed by atoms with Gasteiger partial charge < -0.3 is 0 Å². The van der Waals surface area contributed by atoms with Gasteiger partial charge in [0.25, 0.3) is 0 Å². The van der Waals surface area contributed by atoms with Crippen molar-refractivity contribution in [2.45, 2.75) is 38.2 Å². The minimum atomic E-state index is -0.473. The van der Waals surface area contributed by atoms with E-state index in [-0.39, 0.29) is 0 Å². The molecule has 1 N–H and O–H groups in total. The molecule has 1 aliphatic carbocycles. The minimum absolute atomic E-state index is 0.374. The fourth-order valence-corrected chi connectivity index (χ4v) is 2.66. The summed E-state index contributed by atoms with van der Waals surface area (Å²) in [7, 11) is 0. The van der Waals surface area contributed by atoms with Crippen LogP contribution in [0.25, 0.3) is 0 Å². The highest BCUT2D eigenvalue weighted by Gasteiger charge is 2.41. The zero-order valence-electron chi connectivity index (χ0n) is 9.15. The van der Waals surface area contributed by atoms with Crippen LogP contribution in [0.2, 0.25) is 0 Å². The molecule has 2 unspecified atom stereocenters. The highest BCUT2D eigenvalue weighted by atomic mass is 17.1. The third-order valence-corrected chi connectivity index (χ3v) is 3.66. The van der Waals surface area contributed by atoms with Crippen LogP contribution in [0.5, 0.6) is 0 Å². The lowest BCUT2D eigenvalue weighted by atomic mass is 9.72. The normalized spacial score (nSPS) is 31.5. The molecule has 0 heterocycles. The number of rotatable bonds is 2. The first-order chi connectivity index (χ1) is 7.29. The SMILES string of the molecule is CC1CCCCC1(OO)c1ccccc1. The molecular formula is C13H18O2. The monoisotopic (exact) mass is 206 g/mol. The van der Waals surface area contributed by atoms with E-state index in [0.29, 0.717) is 5.92 Å². The van der Waals surface area contributed by atoms with Crippen molar-refractivity contribution < 1.29 is 10.1 Å². The molecule has 0 saturated heterocycles. The molecule has 0 aliphatic heterocycles. The van der Waals surface area contributed by atoms with Gasteiger partial charge in [-0.25, -0.2) is 4.89 Å². The van der Waals surface area contributed by atoms with Gasteiger partial charge in [-0.05, 0) is 24.3 Å². The smallest absolute Gasteiger partial charge is 0.131 e. The lowest BCUT2D eigenvalue weighted by Crippen LogP contribution is -2.38. The van der Waals surface area contributed by atoms with Gasteiger partial charge in [0.1, 0.15) is 5.60 Å². The third kappa shape index (κ3) is 1.80. The molecule has 15 heavy (non-hydrogen) atoms. The van der Waals surface area contributed by atoms with Crippen molar-refractivity contribution >= 4 is 0 Å². The first-order valence-electron chi connectivity index (χ1n) is 5.68. The summed E-state index contributed by atoms with van der Waals surface area (Å²) in [6.45, 7) is 2.16. The summed E-state index contributed by atoms with van der Waals surface area (Å²) in [5, 5.41) is 9.27. The van der Waals surface area contributed by atoms with Crippen LogP contribution in [0.4, 0.5) is 0 Å². The first kappa shape index (κ1) is 10.7. The van der Waals surface area contributed by atoms with E-state index in [9.17, 15) is 5.26 Å². The first-order valence-corrected chi connectivity index (χ1v) is 5.68. The van der Waals surface area contributed by atoms with Crippen molar-refractivity contribution in [1.29, 1.82) is 0 Å². The van der Waals surface area contributed by atoms with Crippen LogP contribution in [-0.4, -0.2) is 5.26 Å². The second kappa shape index (κ2) is 4.33. The summed E-state index contributed by atoms with van der Waals surface area (Å²) in [5.74, 6) is 0.374. The van der Waals surface area contributed by atoms with Gasteiger partial charge in [0.2, 0.25) is 0 Å². The molecule has 2 nitrogen and oxygen atoms in total. The number of hydrogen-bond acceptors (Lipinski definition) is 2. The maximum absolute atomic E-state index is 9.27. The molecule has 0 spiro atoms. The van der Waals surface area contributed by atoms with E-state index >= 15 is 0 Å². The largest absolute Gasteiger partial charge is 0.251 e. The Morgan fingerprint density at radius 1 is 1.27 bits per heavy atom. The van der Waals surface area contributed by atoms with Crippen LogP contribution >= 0.6 is 0 Å². The molecule has 82 valence electrons. The Kier molecular flexibility index (Phi) is 3.08. The van der Waals surface area contributed by atoms with Crippen molar-refractivity contribution in [2.24, 2.45) is 5.92 Å².